The van der Waals surface area contributed by atoms with Crippen LogP contribution in [0.2, 0.25) is 0 Å². The molecule has 0 bridgehead atoms. The average molecular weight is 326 g/mol. The molecule has 0 saturated carbocycles. The molecule has 0 heterocycles. The standard InChI is InChI=1S/C20H26N2O2/c1-5-10-24-18-8-6-17(7-9-18)21-13-19(23)22-20-15(3)11-14(2)12-16(20)4/h6-9,11-12,21H,5,10,13H2,1-4H3,(H,22,23). The van der Waals surface area contributed by atoms with Gasteiger partial charge in [-0.3, -0.25) is 4.79 Å². The highest BCUT2D eigenvalue weighted by atomic mass is 16.5. The largest absolute Gasteiger partial charge is 0.494 e. The topological polar surface area (TPSA) is 50.4 Å². The molecule has 0 aliphatic rings. The van der Waals surface area contributed by atoms with Crippen molar-refractivity contribution in [2.75, 3.05) is 23.8 Å². The summed E-state index contributed by atoms with van der Waals surface area (Å²) < 4.78 is 5.54. The Morgan fingerprint density at radius 3 is 2.25 bits per heavy atom. The van der Waals surface area contributed by atoms with Crippen LogP contribution in [-0.4, -0.2) is 19.1 Å². The number of nitrogens with one attached hydrogen (secondary N) is 2. The number of hydrogen-bond acceptors (Lipinski definition) is 3. The normalized spacial score (nSPS) is 10.3. The number of ether oxygens (including phenoxy) is 1. The van der Waals surface area contributed by atoms with E-state index in [4.69, 9.17) is 4.74 Å². The van der Waals surface area contributed by atoms with Crippen molar-refractivity contribution in [1.82, 2.24) is 0 Å². The van der Waals surface area contributed by atoms with Gasteiger partial charge in [0.25, 0.3) is 0 Å². The number of carbonyl (C=O) groups is 1. The zero-order valence-electron chi connectivity index (χ0n) is 14.9. The predicted octanol–water partition coefficient (Wildman–Crippen LogP) is 4.45. The van der Waals surface area contributed by atoms with E-state index in [9.17, 15) is 4.79 Å². The Labute approximate surface area is 144 Å². The van der Waals surface area contributed by atoms with Crippen molar-refractivity contribution in [2.45, 2.75) is 34.1 Å². The molecule has 2 rings (SSSR count). The van der Waals surface area contributed by atoms with Crippen molar-refractivity contribution in [3.05, 3.63) is 53.1 Å². The molecule has 2 N–H and O–H groups in total. The maximum absolute atomic E-state index is 12.2. The van der Waals surface area contributed by atoms with E-state index >= 15 is 0 Å². The molecular weight excluding hydrogens is 300 g/mol. The number of hydrogen-bond donors (Lipinski definition) is 2. The lowest BCUT2D eigenvalue weighted by atomic mass is 10.1. The van der Waals surface area contributed by atoms with Gasteiger partial charge in [-0.15, -0.1) is 0 Å². The average Bonchev–Trinajstić information content (AvgIpc) is 2.55. The molecule has 0 spiro atoms. The fraction of sp³-hybridized carbons (Fsp3) is 0.350. The van der Waals surface area contributed by atoms with E-state index in [-0.39, 0.29) is 12.5 Å². The van der Waals surface area contributed by atoms with Gasteiger partial charge in [0.05, 0.1) is 13.2 Å². The third-order valence-electron chi connectivity index (χ3n) is 3.72. The summed E-state index contributed by atoms with van der Waals surface area (Å²) in [5, 5.41) is 6.12. The zero-order valence-corrected chi connectivity index (χ0v) is 14.9. The maximum atomic E-state index is 12.2. The molecule has 0 radical (unpaired) electrons. The van der Waals surface area contributed by atoms with Gasteiger partial charge >= 0.3 is 0 Å². The molecular formula is C20H26N2O2. The summed E-state index contributed by atoms with van der Waals surface area (Å²) in [6, 6.07) is 11.8. The Morgan fingerprint density at radius 1 is 1.04 bits per heavy atom. The Morgan fingerprint density at radius 2 is 1.67 bits per heavy atom. The maximum Gasteiger partial charge on any atom is 0.243 e. The molecule has 2 aromatic rings. The van der Waals surface area contributed by atoms with Gasteiger partial charge in [0.1, 0.15) is 5.75 Å². The van der Waals surface area contributed by atoms with Crippen LogP contribution in [0.25, 0.3) is 0 Å². The van der Waals surface area contributed by atoms with Crippen LogP contribution in [0, 0.1) is 20.8 Å². The fourth-order valence-electron chi connectivity index (χ4n) is 2.63. The summed E-state index contributed by atoms with van der Waals surface area (Å²) in [6.45, 7) is 9.09. The summed E-state index contributed by atoms with van der Waals surface area (Å²) in [6.07, 6.45) is 0.984. The monoisotopic (exact) mass is 326 g/mol. The quantitative estimate of drug-likeness (QED) is 0.790. The van der Waals surface area contributed by atoms with Crippen molar-refractivity contribution in [2.24, 2.45) is 0 Å². The van der Waals surface area contributed by atoms with Crippen molar-refractivity contribution >= 4 is 17.3 Å². The molecule has 0 unspecified atom stereocenters. The van der Waals surface area contributed by atoms with Crippen LogP contribution in [0.3, 0.4) is 0 Å². The first-order valence-electron chi connectivity index (χ1n) is 8.34. The van der Waals surface area contributed by atoms with E-state index < -0.39 is 0 Å². The second kappa shape index (κ2) is 8.39. The molecule has 0 saturated heterocycles. The van der Waals surface area contributed by atoms with Crippen molar-refractivity contribution in [3.63, 3.8) is 0 Å². The van der Waals surface area contributed by atoms with E-state index in [0.29, 0.717) is 6.61 Å². The molecule has 0 atom stereocenters. The second-order valence-corrected chi connectivity index (χ2v) is 6.05. The second-order valence-electron chi connectivity index (χ2n) is 6.05. The minimum Gasteiger partial charge on any atom is -0.494 e. The number of benzene rings is 2. The highest BCUT2D eigenvalue weighted by molar-refractivity contribution is 5.95. The first-order valence-corrected chi connectivity index (χ1v) is 8.34. The molecule has 128 valence electrons. The first kappa shape index (κ1) is 17.9. The molecule has 0 aliphatic carbocycles. The van der Waals surface area contributed by atoms with Crippen LogP contribution in [0.15, 0.2) is 36.4 Å². The fourth-order valence-corrected chi connectivity index (χ4v) is 2.63. The summed E-state index contributed by atoms with van der Waals surface area (Å²) in [7, 11) is 0. The van der Waals surface area contributed by atoms with Crippen LogP contribution in [0.4, 0.5) is 11.4 Å². The number of anilines is 2. The van der Waals surface area contributed by atoms with E-state index in [1.807, 2.05) is 38.1 Å². The summed E-state index contributed by atoms with van der Waals surface area (Å²) in [5.41, 5.74) is 5.16. The van der Waals surface area contributed by atoms with Crippen LogP contribution in [0.1, 0.15) is 30.0 Å². The van der Waals surface area contributed by atoms with Gasteiger partial charge < -0.3 is 15.4 Å². The van der Waals surface area contributed by atoms with Gasteiger partial charge in [-0.1, -0.05) is 24.6 Å². The third-order valence-corrected chi connectivity index (χ3v) is 3.72. The molecule has 0 aromatic heterocycles. The van der Waals surface area contributed by atoms with Gasteiger partial charge in [0.2, 0.25) is 5.91 Å². The predicted molar refractivity (Wildman–Crippen MR) is 100 cm³/mol. The van der Waals surface area contributed by atoms with Gasteiger partial charge in [0, 0.05) is 11.4 Å². The van der Waals surface area contributed by atoms with E-state index in [2.05, 4.69) is 36.6 Å². The molecule has 24 heavy (non-hydrogen) atoms. The lowest BCUT2D eigenvalue weighted by Gasteiger charge is -2.13. The van der Waals surface area contributed by atoms with Gasteiger partial charge in [-0.05, 0) is 62.6 Å². The Bertz CT molecular complexity index is 670. The SMILES string of the molecule is CCCOc1ccc(NCC(=O)Nc2c(C)cc(C)cc2C)cc1. The summed E-state index contributed by atoms with van der Waals surface area (Å²) in [5.74, 6) is 0.786. The van der Waals surface area contributed by atoms with Crippen LogP contribution < -0.4 is 15.4 Å². The van der Waals surface area contributed by atoms with E-state index in [1.54, 1.807) is 0 Å². The van der Waals surface area contributed by atoms with E-state index in [1.165, 1.54) is 5.56 Å². The number of aryl methyl sites for hydroxylation is 3. The van der Waals surface area contributed by atoms with Gasteiger partial charge in [-0.25, -0.2) is 0 Å². The van der Waals surface area contributed by atoms with Crippen molar-refractivity contribution in [3.8, 4) is 5.75 Å². The van der Waals surface area contributed by atoms with Gasteiger partial charge in [0.15, 0.2) is 0 Å². The lowest BCUT2D eigenvalue weighted by Crippen LogP contribution is -2.22. The highest BCUT2D eigenvalue weighted by Crippen LogP contribution is 2.22. The third kappa shape index (κ3) is 5.01. The summed E-state index contributed by atoms with van der Waals surface area (Å²) in [4.78, 5) is 12.2. The lowest BCUT2D eigenvalue weighted by molar-refractivity contribution is -0.114. The Kier molecular flexibility index (Phi) is 6.24. The van der Waals surface area contributed by atoms with Crippen molar-refractivity contribution < 1.29 is 9.53 Å². The molecule has 2 aromatic carbocycles. The molecule has 1 amide bonds. The highest BCUT2D eigenvalue weighted by Gasteiger charge is 2.08. The molecule has 4 heteroatoms. The van der Waals surface area contributed by atoms with Crippen LogP contribution in [0.5, 0.6) is 5.75 Å². The number of carbonyl (C=O) groups excluding carboxylic acids is 1. The zero-order chi connectivity index (χ0) is 17.5. The molecule has 0 aliphatic heterocycles. The first-order chi connectivity index (χ1) is 11.5. The minimum atomic E-state index is -0.0589. The Hall–Kier alpha value is -2.49. The molecule has 0 fully saturated rings. The number of rotatable bonds is 7. The van der Waals surface area contributed by atoms with Crippen LogP contribution in [-0.2, 0) is 4.79 Å². The van der Waals surface area contributed by atoms with Crippen LogP contribution >= 0.6 is 0 Å². The van der Waals surface area contributed by atoms with Crippen molar-refractivity contribution in [1.29, 1.82) is 0 Å². The summed E-state index contributed by atoms with van der Waals surface area (Å²) >= 11 is 0. The van der Waals surface area contributed by atoms with Gasteiger partial charge in [-0.2, -0.15) is 0 Å². The Balaban J connectivity index is 1.89. The van der Waals surface area contributed by atoms with E-state index in [0.717, 1.165) is 34.7 Å². The smallest absolute Gasteiger partial charge is 0.243 e. The molecule has 4 nitrogen and oxygen atoms in total. The minimum absolute atomic E-state index is 0.0589. The number of amides is 1.